The quantitative estimate of drug-likeness (QED) is 0.479. The molecule has 0 fully saturated rings. The highest BCUT2D eigenvalue weighted by Gasteiger charge is 2.12. The van der Waals surface area contributed by atoms with E-state index in [0.29, 0.717) is 59.3 Å². The number of carbonyl (C=O) groups excluding carboxylic acids is 1. The molecule has 0 aromatic heterocycles. The molecule has 0 saturated heterocycles. The van der Waals surface area contributed by atoms with Crippen molar-refractivity contribution in [1.82, 2.24) is 10.2 Å². The molecule has 0 heterocycles. The zero-order valence-corrected chi connectivity index (χ0v) is 13.6. The third-order valence-corrected chi connectivity index (χ3v) is 2.69. The summed E-state index contributed by atoms with van der Waals surface area (Å²) in [5.74, 6) is 0. The number of nitrogens with zero attached hydrogens (tertiary/aromatic N) is 1. The minimum absolute atomic E-state index is 0.0810. The van der Waals surface area contributed by atoms with Gasteiger partial charge in [0.05, 0.1) is 39.6 Å². The smallest absolute Gasteiger partial charge is 0.317 e. The summed E-state index contributed by atoms with van der Waals surface area (Å²) in [6, 6.07) is -0.0810. The van der Waals surface area contributed by atoms with Crippen molar-refractivity contribution < 1.29 is 23.7 Å². The molecule has 0 unspecified atom stereocenters. The lowest BCUT2D eigenvalue weighted by Gasteiger charge is -2.23. The van der Waals surface area contributed by atoms with Crippen molar-refractivity contribution in [2.75, 3.05) is 73.5 Å². The van der Waals surface area contributed by atoms with Gasteiger partial charge in [0.2, 0.25) is 0 Å². The van der Waals surface area contributed by atoms with Gasteiger partial charge >= 0.3 is 6.03 Å². The molecule has 0 aromatic carbocycles. The number of urea groups is 1. The lowest BCUT2D eigenvalue weighted by Crippen LogP contribution is -2.43. The second kappa shape index (κ2) is 15.5. The van der Waals surface area contributed by atoms with Gasteiger partial charge in [0, 0.05) is 33.9 Å². The Labute approximate surface area is 127 Å². The van der Waals surface area contributed by atoms with E-state index in [1.165, 1.54) is 0 Å². The van der Waals surface area contributed by atoms with Crippen LogP contribution >= 0.6 is 0 Å². The maximum Gasteiger partial charge on any atom is 0.317 e. The van der Waals surface area contributed by atoms with Crippen molar-refractivity contribution in [2.24, 2.45) is 0 Å². The Hall–Kier alpha value is -0.890. The Morgan fingerprint density at radius 1 is 0.905 bits per heavy atom. The van der Waals surface area contributed by atoms with Crippen LogP contribution in [0.3, 0.4) is 0 Å². The molecule has 0 saturated carbocycles. The highest BCUT2D eigenvalue weighted by Crippen LogP contribution is 1.92. The summed E-state index contributed by atoms with van der Waals surface area (Å²) in [6.07, 6.45) is 0.911. The Bertz CT molecular complexity index is 227. The monoisotopic (exact) mass is 306 g/mol. The molecule has 0 rings (SSSR count). The van der Waals surface area contributed by atoms with Crippen LogP contribution in [0, 0.1) is 0 Å². The van der Waals surface area contributed by atoms with E-state index < -0.39 is 0 Å². The highest BCUT2D eigenvalue weighted by molar-refractivity contribution is 5.74. The molecule has 2 amide bonds. The first-order valence-corrected chi connectivity index (χ1v) is 7.42. The second-order valence-electron chi connectivity index (χ2n) is 4.43. The van der Waals surface area contributed by atoms with Crippen LogP contribution in [0.1, 0.15) is 13.3 Å². The molecular formula is C14H30N2O5. The molecule has 0 atom stereocenters. The molecular weight excluding hydrogens is 276 g/mol. The van der Waals surface area contributed by atoms with E-state index >= 15 is 0 Å². The van der Waals surface area contributed by atoms with Crippen molar-refractivity contribution in [3.63, 3.8) is 0 Å². The first kappa shape index (κ1) is 20.1. The predicted octanol–water partition coefficient (Wildman–Crippen LogP) is 0.734. The van der Waals surface area contributed by atoms with Crippen LogP contribution in [-0.2, 0) is 18.9 Å². The van der Waals surface area contributed by atoms with Crippen LogP contribution in [0.25, 0.3) is 0 Å². The van der Waals surface area contributed by atoms with Gasteiger partial charge in [0.25, 0.3) is 0 Å². The van der Waals surface area contributed by atoms with Crippen LogP contribution < -0.4 is 5.32 Å². The van der Waals surface area contributed by atoms with E-state index in [0.717, 1.165) is 6.42 Å². The van der Waals surface area contributed by atoms with Gasteiger partial charge < -0.3 is 29.2 Å². The molecule has 1 N–H and O–H groups in total. The number of rotatable bonds is 14. The summed E-state index contributed by atoms with van der Waals surface area (Å²) in [7, 11) is 3.26. The minimum atomic E-state index is -0.0810. The van der Waals surface area contributed by atoms with Crippen molar-refractivity contribution in [3.8, 4) is 0 Å². The first-order valence-electron chi connectivity index (χ1n) is 7.42. The Morgan fingerprint density at radius 2 is 1.43 bits per heavy atom. The number of nitrogens with one attached hydrogen (secondary N) is 1. The average molecular weight is 306 g/mol. The van der Waals surface area contributed by atoms with Gasteiger partial charge in [-0.3, -0.25) is 0 Å². The molecule has 0 aliphatic heterocycles. The van der Waals surface area contributed by atoms with E-state index in [4.69, 9.17) is 18.9 Å². The number of amides is 2. The summed E-state index contributed by atoms with van der Waals surface area (Å²) in [6.45, 7) is 6.92. The molecule has 7 nitrogen and oxygen atoms in total. The molecule has 0 aliphatic carbocycles. The Morgan fingerprint density at radius 3 is 1.86 bits per heavy atom. The molecule has 7 heteroatoms. The topological polar surface area (TPSA) is 69.3 Å². The highest BCUT2D eigenvalue weighted by atomic mass is 16.5. The van der Waals surface area contributed by atoms with Gasteiger partial charge in [0.15, 0.2) is 0 Å². The number of hydrogen-bond donors (Lipinski definition) is 1. The average Bonchev–Trinajstić information content (AvgIpc) is 2.50. The number of hydrogen-bond acceptors (Lipinski definition) is 5. The van der Waals surface area contributed by atoms with Gasteiger partial charge in [-0.1, -0.05) is 6.92 Å². The van der Waals surface area contributed by atoms with Gasteiger partial charge in [-0.05, 0) is 6.42 Å². The van der Waals surface area contributed by atoms with Crippen molar-refractivity contribution in [2.45, 2.75) is 13.3 Å². The molecule has 0 radical (unpaired) electrons. The predicted molar refractivity (Wildman–Crippen MR) is 80.7 cm³/mol. The van der Waals surface area contributed by atoms with Crippen LogP contribution in [0.15, 0.2) is 0 Å². The fourth-order valence-electron chi connectivity index (χ4n) is 1.50. The number of methoxy groups -OCH3 is 2. The lowest BCUT2D eigenvalue weighted by atomic mass is 10.4. The van der Waals surface area contributed by atoms with E-state index in [1.807, 2.05) is 6.92 Å². The third-order valence-electron chi connectivity index (χ3n) is 2.69. The lowest BCUT2D eigenvalue weighted by molar-refractivity contribution is 0.0451. The van der Waals surface area contributed by atoms with E-state index in [9.17, 15) is 4.79 Å². The van der Waals surface area contributed by atoms with Crippen LogP contribution in [0.5, 0.6) is 0 Å². The fourth-order valence-corrected chi connectivity index (χ4v) is 1.50. The molecule has 0 aliphatic rings. The Balaban J connectivity index is 3.93. The second-order valence-corrected chi connectivity index (χ2v) is 4.43. The van der Waals surface area contributed by atoms with Crippen molar-refractivity contribution in [1.29, 1.82) is 0 Å². The first-order chi connectivity index (χ1) is 10.3. The largest absolute Gasteiger partial charge is 0.382 e. The standard InChI is InChI=1S/C14H30N2O5/c1-4-5-15-14(17)16(6-8-20-12-10-18-2)7-9-21-13-11-19-3/h4-13H2,1-3H3,(H,15,17). The van der Waals surface area contributed by atoms with Gasteiger partial charge in [-0.15, -0.1) is 0 Å². The van der Waals surface area contributed by atoms with Crippen LogP contribution in [-0.4, -0.2) is 84.4 Å². The maximum absolute atomic E-state index is 12.0. The number of carbonyl (C=O) groups is 1. The molecule has 126 valence electrons. The van der Waals surface area contributed by atoms with Gasteiger partial charge in [-0.2, -0.15) is 0 Å². The minimum Gasteiger partial charge on any atom is -0.382 e. The zero-order valence-electron chi connectivity index (χ0n) is 13.6. The maximum atomic E-state index is 12.0. The normalized spacial score (nSPS) is 10.6. The molecule has 0 bridgehead atoms. The summed E-state index contributed by atoms with van der Waals surface area (Å²) in [5.41, 5.74) is 0. The molecule has 0 aromatic rings. The van der Waals surface area contributed by atoms with Gasteiger partial charge in [0.1, 0.15) is 0 Å². The van der Waals surface area contributed by atoms with E-state index in [-0.39, 0.29) is 6.03 Å². The number of ether oxygens (including phenoxy) is 4. The van der Waals surface area contributed by atoms with Crippen LogP contribution in [0.4, 0.5) is 4.79 Å². The Kier molecular flexibility index (Phi) is 14.8. The zero-order chi connectivity index (χ0) is 15.8. The summed E-state index contributed by atoms with van der Waals surface area (Å²) < 4.78 is 20.6. The fraction of sp³-hybridized carbons (Fsp3) is 0.929. The molecule has 21 heavy (non-hydrogen) atoms. The van der Waals surface area contributed by atoms with E-state index in [2.05, 4.69) is 5.32 Å². The third kappa shape index (κ3) is 12.6. The summed E-state index contributed by atoms with van der Waals surface area (Å²) in [5, 5.41) is 2.86. The van der Waals surface area contributed by atoms with Gasteiger partial charge in [-0.25, -0.2) is 4.79 Å². The van der Waals surface area contributed by atoms with Crippen molar-refractivity contribution in [3.05, 3.63) is 0 Å². The molecule has 0 spiro atoms. The summed E-state index contributed by atoms with van der Waals surface area (Å²) >= 11 is 0. The SMILES string of the molecule is CCCNC(=O)N(CCOCCOC)CCOCCOC. The summed E-state index contributed by atoms with van der Waals surface area (Å²) in [4.78, 5) is 13.7. The van der Waals surface area contributed by atoms with Crippen molar-refractivity contribution >= 4 is 6.03 Å². The van der Waals surface area contributed by atoms with E-state index in [1.54, 1.807) is 19.1 Å². The van der Waals surface area contributed by atoms with Crippen LogP contribution in [0.2, 0.25) is 0 Å².